The van der Waals surface area contributed by atoms with E-state index in [0.29, 0.717) is 11.7 Å². The highest BCUT2D eigenvalue weighted by atomic mass is 32.1. The molecule has 2 rings (SSSR count). The number of hydrogen-bond acceptors (Lipinski definition) is 5. The van der Waals surface area contributed by atoms with Crippen molar-refractivity contribution < 1.29 is 9.53 Å². The van der Waals surface area contributed by atoms with Crippen molar-refractivity contribution >= 4 is 22.4 Å². The molecule has 0 saturated carbocycles. The summed E-state index contributed by atoms with van der Waals surface area (Å²) >= 11 is 1.47. The van der Waals surface area contributed by atoms with Gasteiger partial charge in [0.2, 0.25) is 0 Å². The van der Waals surface area contributed by atoms with E-state index in [-0.39, 0.29) is 5.91 Å². The molecule has 1 aromatic heterocycles. The Balaban J connectivity index is 1.79. The van der Waals surface area contributed by atoms with Crippen molar-refractivity contribution in [2.45, 2.75) is 45.8 Å². The van der Waals surface area contributed by atoms with E-state index in [1.165, 1.54) is 24.2 Å². The second-order valence-electron chi connectivity index (χ2n) is 6.21. The van der Waals surface area contributed by atoms with Gasteiger partial charge >= 0.3 is 0 Å². The van der Waals surface area contributed by atoms with Crippen LogP contribution in [-0.2, 0) is 16.1 Å². The van der Waals surface area contributed by atoms with Crippen molar-refractivity contribution in [3.05, 3.63) is 23.7 Å². The molecule has 2 heterocycles. The van der Waals surface area contributed by atoms with Crippen LogP contribution in [0.2, 0.25) is 0 Å². The molecular formula is C17H27N3O2S. The van der Waals surface area contributed by atoms with Gasteiger partial charge in [0.25, 0.3) is 5.91 Å². The molecular weight excluding hydrogens is 310 g/mol. The maximum Gasteiger partial charge on any atom is 0.254 e. The van der Waals surface area contributed by atoms with Crippen LogP contribution in [0.1, 0.15) is 38.8 Å². The summed E-state index contributed by atoms with van der Waals surface area (Å²) in [5, 5.41) is 5.51. The Bertz CT molecular complexity index is 518. The molecule has 0 radical (unpaired) electrons. The summed E-state index contributed by atoms with van der Waals surface area (Å²) < 4.78 is 5.44. The highest BCUT2D eigenvalue weighted by Crippen LogP contribution is 2.21. The lowest BCUT2D eigenvalue weighted by Gasteiger charge is -2.30. The standard InChI is InChI=1S/C17H27N3O2S/c1-4-5-9-22-14(3)16(21)19-17-18-15(12-23-17)11-20-8-6-7-13(2)10-20/h4,12-14H,1,5-11H2,2-3H3,(H,18,19,21). The molecule has 23 heavy (non-hydrogen) atoms. The topological polar surface area (TPSA) is 54.5 Å². The van der Waals surface area contributed by atoms with Crippen LogP contribution in [0, 0.1) is 5.92 Å². The maximum absolute atomic E-state index is 12.0. The van der Waals surface area contributed by atoms with Gasteiger partial charge in [-0.05, 0) is 38.6 Å². The zero-order valence-electron chi connectivity index (χ0n) is 14.1. The zero-order valence-corrected chi connectivity index (χ0v) is 14.9. The fraction of sp³-hybridized carbons (Fsp3) is 0.647. The van der Waals surface area contributed by atoms with E-state index in [2.05, 4.69) is 28.7 Å². The minimum Gasteiger partial charge on any atom is -0.368 e. The molecule has 128 valence electrons. The van der Waals surface area contributed by atoms with Crippen molar-refractivity contribution in [1.29, 1.82) is 0 Å². The quantitative estimate of drug-likeness (QED) is 0.584. The molecule has 1 saturated heterocycles. The SMILES string of the molecule is C=CCCOC(C)C(=O)Nc1nc(CN2CCCC(C)C2)cs1. The molecule has 0 spiro atoms. The summed E-state index contributed by atoms with van der Waals surface area (Å²) in [5.74, 6) is 0.608. The number of anilines is 1. The fourth-order valence-electron chi connectivity index (χ4n) is 2.71. The molecule has 0 aliphatic carbocycles. The number of nitrogens with zero attached hydrogens (tertiary/aromatic N) is 2. The molecule has 6 heteroatoms. The molecule has 5 nitrogen and oxygen atoms in total. The molecule has 1 N–H and O–H groups in total. The minimum absolute atomic E-state index is 0.151. The summed E-state index contributed by atoms with van der Waals surface area (Å²) in [5.41, 5.74) is 1.03. The van der Waals surface area contributed by atoms with E-state index in [0.717, 1.165) is 37.7 Å². The molecule has 2 atom stereocenters. The maximum atomic E-state index is 12.0. The molecule has 0 aromatic carbocycles. The lowest BCUT2D eigenvalue weighted by Crippen LogP contribution is -2.33. The number of likely N-dealkylation sites (tertiary alicyclic amines) is 1. The highest BCUT2D eigenvalue weighted by Gasteiger charge is 2.18. The van der Waals surface area contributed by atoms with Crippen LogP contribution in [0.4, 0.5) is 5.13 Å². The third kappa shape index (κ3) is 6.05. The summed E-state index contributed by atoms with van der Waals surface area (Å²) in [6, 6.07) is 0. The first-order chi connectivity index (χ1) is 11.1. The van der Waals surface area contributed by atoms with E-state index < -0.39 is 6.10 Å². The van der Waals surface area contributed by atoms with Crippen LogP contribution in [0.3, 0.4) is 0 Å². The summed E-state index contributed by atoms with van der Waals surface area (Å²) in [7, 11) is 0. The van der Waals surface area contributed by atoms with E-state index in [4.69, 9.17) is 4.74 Å². The van der Waals surface area contributed by atoms with Gasteiger partial charge in [0.1, 0.15) is 6.10 Å². The first kappa shape index (κ1) is 18.1. The normalized spacial score (nSPS) is 20.2. The first-order valence-corrected chi connectivity index (χ1v) is 9.16. The average molecular weight is 337 g/mol. The van der Waals surface area contributed by atoms with Gasteiger partial charge in [-0.15, -0.1) is 17.9 Å². The van der Waals surface area contributed by atoms with Crippen molar-refractivity contribution in [3.8, 4) is 0 Å². The number of rotatable bonds is 8. The highest BCUT2D eigenvalue weighted by molar-refractivity contribution is 7.13. The van der Waals surface area contributed by atoms with Crippen LogP contribution in [0.5, 0.6) is 0 Å². The summed E-state index contributed by atoms with van der Waals surface area (Å²) in [6.45, 7) is 11.3. The Morgan fingerprint density at radius 2 is 2.52 bits per heavy atom. The molecule has 0 bridgehead atoms. The van der Waals surface area contributed by atoms with Crippen LogP contribution in [-0.4, -0.2) is 41.6 Å². The van der Waals surface area contributed by atoms with Gasteiger partial charge in [0.05, 0.1) is 12.3 Å². The third-order valence-corrected chi connectivity index (χ3v) is 4.77. The van der Waals surface area contributed by atoms with Crippen molar-refractivity contribution in [1.82, 2.24) is 9.88 Å². The predicted molar refractivity (Wildman–Crippen MR) is 94.6 cm³/mol. The Hall–Kier alpha value is -1.24. The van der Waals surface area contributed by atoms with Gasteiger partial charge in [0.15, 0.2) is 5.13 Å². The van der Waals surface area contributed by atoms with Crippen molar-refractivity contribution in [3.63, 3.8) is 0 Å². The van der Waals surface area contributed by atoms with Crippen LogP contribution >= 0.6 is 11.3 Å². The number of amides is 1. The van der Waals surface area contributed by atoms with Gasteiger partial charge in [0, 0.05) is 18.5 Å². The number of carbonyl (C=O) groups is 1. The number of thiazole rings is 1. The fourth-order valence-corrected chi connectivity index (χ4v) is 3.41. The van der Waals surface area contributed by atoms with E-state index in [1.54, 1.807) is 13.0 Å². The smallest absolute Gasteiger partial charge is 0.254 e. The number of carbonyl (C=O) groups excluding carboxylic acids is 1. The summed E-state index contributed by atoms with van der Waals surface area (Å²) in [4.78, 5) is 19.0. The molecule has 1 amide bonds. The Labute approximate surface area is 142 Å². The molecule has 1 fully saturated rings. The number of ether oxygens (including phenoxy) is 1. The minimum atomic E-state index is -0.481. The van der Waals surface area contributed by atoms with Gasteiger partial charge in [-0.3, -0.25) is 15.0 Å². The van der Waals surface area contributed by atoms with Gasteiger partial charge in [-0.2, -0.15) is 0 Å². The van der Waals surface area contributed by atoms with E-state index in [1.807, 2.05) is 5.38 Å². The molecule has 1 aliphatic rings. The van der Waals surface area contributed by atoms with E-state index >= 15 is 0 Å². The monoisotopic (exact) mass is 337 g/mol. The number of nitrogens with one attached hydrogen (secondary N) is 1. The zero-order chi connectivity index (χ0) is 16.7. The number of aromatic nitrogens is 1. The second-order valence-corrected chi connectivity index (χ2v) is 7.06. The van der Waals surface area contributed by atoms with Gasteiger partial charge in [-0.1, -0.05) is 13.0 Å². The van der Waals surface area contributed by atoms with Crippen LogP contribution in [0.15, 0.2) is 18.0 Å². The van der Waals surface area contributed by atoms with Crippen molar-refractivity contribution in [2.24, 2.45) is 5.92 Å². The largest absolute Gasteiger partial charge is 0.368 e. The third-order valence-electron chi connectivity index (χ3n) is 3.97. The second kappa shape index (κ2) is 9.15. The molecule has 1 aliphatic heterocycles. The Morgan fingerprint density at radius 1 is 1.70 bits per heavy atom. The summed E-state index contributed by atoms with van der Waals surface area (Å²) in [6.07, 6.45) is 4.62. The van der Waals surface area contributed by atoms with Crippen LogP contribution < -0.4 is 5.32 Å². The molecule has 1 aromatic rings. The lowest BCUT2D eigenvalue weighted by atomic mass is 10.0. The van der Waals surface area contributed by atoms with Gasteiger partial charge < -0.3 is 4.74 Å². The Morgan fingerprint density at radius 3 is 3.26 bits per heavy atom. The number of piperidine rings is 1. The lowest BCUT2D eigenvalue weighted by molar-refractivity contribution is -0.126. The van der Waals surface area contributed by atoms with Crippen LogP contribution in [0.25, 0.3) is 0 Å². The van der Waals surface area contributed by atoms with E-state index in [9.17, 15) is 4.79 Å². The Kier molecular flexibility index (Phi) is 7.20. The molecule has 2 unspecified atom stereocenters. The van der Waals surface area contributed by atoms with Crippen molar-refractivity contribution in [2.75, 3.05) is 25.0 Å². The average Bonchev–Trinajstić information content (AvgIpc) is 2.94. The first-order valence-electron chi connectivity index (χ1n) is 8.28. The number of hydrogen-bond donors (Lipinski definition) is 1. The predicted octanol–water partition coefficient (Wildman–Crippen LogP) is 3.29. The van der Waals surface area contributed by atoms with Gasteiger partial charge in [-0.25, -0.2) is 4.98 Å².